The first-order valence-electron chi connectivity index (χ1n) is 11.6. The molecule has 0 rings (SSSR count). The number of hydrogen-bond acceptors (Lipinski definition) is 4. The van der Waals surface area contributed by atoms with Crippen molar-refractivity contribution >= 4 is 11.9 Å². The third kappa shape index (κ3) is 19.7. The van der Waals surface area contributed by atoms with Gasteiger partial charge in [-0.15, -0.1) is 0 Å². The summed E-state index contributed by atoms with van der Waals surface area (Å²) in [6.07, 6.45) is 12.1. The molecule has 0 spiro atoms. The summed E-state index contributed by atoms with van der Waals surface area (Å²) in [5.74, 6) is 1.10. The molecule has 0 saturated heterocycles. The van der Waals surface area contributed by atoms with Gasteiger partial charge in [0.05, 0.1) is 13.2 Å². The van der Waals surface area contributed by atoms with Gasteiger partial charge in [-0.1, -0.05) is 86.0 Å². The quantitative estimate of drug-likeness (QED) is 0.190. The maximum Gasteiger partial charge on any atom is 0.306 e. The molecular weight excluding hydrogens is 352 g/mol. The van der Waals surface area contributed by atoms with E-state index in [9.17, 15) is 9.59 Å². The Morgan fingerprint density at radius 3 is 1.29 bits per heavy atom. The third-order valence-electron chi connectivity index (χ3n) is 4.91. The van der Waals surface area contributed by atoms with Crippen LogP contribution in [0.15, 0.2) is 0 Å². The van der Waals surface area contributed by atoms with Crippen LogP contribution in [-0.2, 0) is 19.1 Å². The maximum atomic E-state index is 11.8. The molecule has 0 amide bonds. The fourth-order valence-corrected chi connectivity index (χ4v) is 3.15. The number of rotatable bonds is 18. The van der Waals surface area contributed by atoms with Crippen molar-refractivity contribution in [2.75, 3.05) is 13.2 Å². The standard InChI is InChI=1S/C24H46O4/c1-20(2)14-10-6-8-12-16-27-23(25)18-22(5)19-24(26)28-17-13-9-7-11-15-21(3)4/h20-22H,6-19H2,1-5H3. The van der Waals surface area contributed by atoms with Crippen molar-refractivity contribution in [3.63, 3.8) is 0 Å². The summed E-state index contributed by atoms with van der Waals surface area (Å²) in [7, 11) is 0. The summed E-state index contributed by atoms with van der Waals surface area (Å²) in [6.45, 7) is 11.9. The van der Waals surface area contributed by atoms with Crippen LogP contribution < -0.4 is 0 Å². The summed E-state index contributed by atoms with van der Waals surface area (Å²) >= 11 is 0. The maximum absolute atomic E-state index is 11.8. The molecule has 0 N–H and O–H groups in total. The van der Waals surface area contributed by atoms with Gasteiger partial charge >= 0.3 is 11.9 Å². The predicted octanol–water partition coefficient (Wildman–Crippen LogP) is 6.70. The van der Waals surface area contributed by atoms with Crippen molar-refractivity contribution in [1.29, 1.82) is 0 Å². The monoisotopic (exact) mass is 398 g/mol. The van der Waals surface area contributed by atoms with Crippen LogP contribution in [0.5, 0.6) is 0 Å². The summed E-state index contributed by atoms with van der Waals surface area (Å²) in [5.41, 5.74) is 0. The third-order valence-corrected chi connectivity index (χ3v) is 4.91. The minimum atomic E-state index is -0.201. The Kier molecular flexibility index (Phi) is 17.3. The van der Waals surface area contributed by atoms with Gasteiger partial charge in [0.15, 0.2) is 0 Å². The van der Waals surface area contributed by atoms with E-state index in [2.05, 4.69) is 27.7 Å². The first-order chi connectivity index (χ1) is 13.3. The lowest BCUT2D eigenvalue weighted by Gasteiger charge is -2.11. The predicted molar refractivity (Wildman–Crippen MR) is 116 cm³/mol. The van der Waals surface area contributed by atoms with Crippen LogP contribution in [0.2, 0.25) is 0 Å². The normalized spacial score (nSPS) is 11.4. The molecule has 0 aromatic carbocycles. The zero-order valence-corrected chi connectivity index (χ0v) is 19.3. The second-order valence-corrected chi connectivity index (χ2v) is 9.15. The van der Waals surface area contributed by atoms with Crippen LogP contribution >= 0.6 is 0 Å². The van der Waals surface area contributed by atoms with E-state index in [1.165, 1.54) is 38.5 Å². The Bertz CT molecular complexity index is 354. The van der Waals surface area contributed by atoms with Gasteiger partial charge in [-0.3, -0.25) is 9.59 Å². The number of ether oxygens (including phenoxy) is 2. The van der Waals surface area contributed by atoms with E-state index in [1.54, 1.807) is 0 Å². The summed E-state index contributed by atoms with van der Waals surface area (Å²) in [4.78, 5) is 23.7. The lowest BCUT2D eigenvalue weighted by atomic mass is 10.0. The number of carbonyl (C=O) groups is 2. The van der Waals surface area contributed by atoms with Gasteiger partial charge in [0.1, 0.15) is 0 Å². The van der Waals surface area contributed by atoms with E-state index in [1.807, 2.05) is 6.92 Å². The summed E-state index contributed by atoms with van der Waals surface area (Å²) < 4.78 is 10.6. The average Bonchev–Trinajstić information content (AvgIpc) is 2.59. The van der Waals surface area contributed by atoms with E-state index in [-0.39, 0.29) is 30.7 Å². The molecule has 28 heavy (non-hydrogen) atoms. The lowest BCUT2D eigenvalue weighted by Crippen LogP contribution is -2.15. The molecule has 0 aliphatic carbocycles. The molecule has 0 unspecified atom stereocenters. The smallest absolute Gasteiger partial charge is 0.306 e. The van der Waals surface area contributed by atoms with E-state index in [0.29, 0.717) is 13.2 Å². The molecule has 4 nitrogen and oxygen atoms in total. The van der Waals surface area contributed by atoms with Crippen LogP contribution in [0, 0.1) is 17.8 Å². The fraction of sp³-hybridized carbons (Fsp3) is 0.917. The molecule has 0 radical (unpaired) electrons. The zero-order chi connectivity index (χ0) is 21.2. The van der Waals surface area contributed by atoms with E-state index in [4.69, 9.17) is 9.47 Å². The van der Waals surface area contributed by atoms with Crippen LogP contribution in [-0.4, -0.2) is 25.2 Å². The van der Waals surface area contributed by atoms with Gasteiger partial charge in [0.25, 0.3) is 0 Å². The summed E-state index contributed by atoms with van der Waals surface area (Å²) in [6, 6.07) is 0. The Labute approximate surface area is 174 Å². The SMILES string of the molecule is CC(C)CCCCCCOC(=O)CC(C)CC(=O)OCCCCCCC(C)C. The van der Waals surface area contributed by atoms with Gasteiger partial charge in [-0.25, -0.2) is 0 Å². The van der Waals surface area contributed by atoms with Crippen LogP contribution in [0.1, 0.15) is 112 Å². The topological polar surface area (TPSA) is 52.6 Å². The average molecular weight is 399 g/mol. The molecule has 0 fully saturated rings. The fourth-order valence-electron chi connectivity index (χ4n) is 3.15. The minimum Gasteiger partial charge on any atom is -0.466 e. The van der Waals surface area contributed by atoms with Crippen LogP contribution in [0.3, 0.4) is 0 Å². The second-order valence-electron chi connectivity index (χ2n) is 9.15. The van der Waals surface area contributed by atoms with Crippen molar-refractivity contribution in [1.82, 2.24) is 0 Å². The first-order valence-corrected chi connectivity index (χ1v) is 11.6. The molecule has 0 bridgehead atoms. The number of esters is 2. The van der Waals surface area contributed by atoms with Gasteiger partial charge < -0.3 is 9.47 Å². The second kappa shape index (κ2) is 18.0. The minimum absolute atomic E-state index is 0.0305. The van der Waals surface area contributed by atoms with Crippen molar-refractivity contribution < 1.29 is 19.1 Å². The van der Waals surface area contributed by atoms with Crippen molar-refractivity contribution in [3.05, 3.63) is 0 Å². The van der Waals surface area contributed by atoms with Gasteiger partial charge in [0.2, 0.25) is 0 Å². The molecule has 0 aliphatic heterocycles. The lowest BCUT2D eigenvalue weighted by molar-refractivity contribution is -0.147. The van der Waals surface area contributed by atoms with Gasteiger partial charge in [-0.2, -0.15) is 0 Å². The highest BCUT2D eigenvalue weighted by molar-refractivity contribution is 5.73. The Morgan fingerprint density at radius 1 is 0.571 bits per heavy atom. The van der Waals surface area contributed by atoms with E-state index < -0.39 is 0 Å². The van der Waals surface area contributed by atoms with Gasteiger partial charge in [0, 0.05) is 12.8 Å². The highest BCUT2D eigenvalue weighted by Crippen LogP contribution is 2.13. The number of unbranched alkanes of at least 4 members (excludes halogenated alkanes) is 6. The molecule has 0 aromatic heterocycles. The molecule has 0 atom stereocenters. The summed E-state index contributed by atoms with van der Waals surface area (Å²) in [5, 5.41) is 0. The largest absolute Gasteiger partial charge is 0.466 e. The highest BCUT2D eigenvalue weighted by Gasteiger charge is 2.15. The van der Waals surface area contributed by atoms with Crippen LogP contribution in [0.4, 0.5) is 0 Å². The van der Waals surface area contributed by atoms with Crippen molar-refractivity contribution in [2.45, 2.75) is 112 Å². The Morgan fingerprint density at radius 2 is 0.929 bits per heavy atom. The Hall–Kier alpha value is -1.06. The van der Waals surface area contributed by atoms with Crippen LogP contribution in [0.25, 0.3) is 0 Å². The molecule has 4 heteroatoms. The first kappa shape index (κ1) is 26.9. The Balaban J connectivity index is 3.55. The van der Waals surface area contributed by atoms with Crippen molar-refractivity contribution in [3.8, 4) is 0 Å². The highest BCUT2D eigenvalue weighted by atomic mass is 16.5. The number of hydrogen-bond donors (Lipinski definition) is 0. The van der Waals surface area contributed by atoms with Gasteiger partial charge in [-0.05, 0) is 30.6 Å². The molecule has 0 aromatic rings. The van der Waals surface area contributed by atoms with E-state index in [0.717, 1.165) is 37.5 Å². The molecule has 0 aliphatic rings. The molecule has 166 valence electrons. The van der Waals surface area contributed by atoms with E-state index >= 15 is 0 Å². The molecule has 0 heterocycles. The van der Waals surface area contributed by atoms with Crippen molar-refractivity contribution in [2.24, 2.45) is 17.8 Å². The molecular formula is C24H46O4. The number of carbonyl (C=O) groups excluding carboxylic acids is 2. The zero-order valence-electron chi connectivity index (χ0n) is 19.3. The molecule has 0 saturated carbocycles.